The van der Waals surface area contributed by atoms with Gasteiger partial charge in [-0.3, -0.25) is 4.79 Å². The summed E-state index contributed by atoms with van der Waals surface area (Å²) in [6, 6.07) is -0.906. The molecule has 2 amide bonds. The molecule has 0 aliphatic heterocycles. The number of halogens is 1. The van der Waals surface area contributed by atoms with Gasteiger partial charge in [0, 0.05) is 6.54 Å². The fraction of sp³-hybridized carbons (Fsp3) is 0.769. The van der Waals surface area contributed by atoms with E-state index < -0.39 is 23.7 Å². The summed E-state index contributed by atoms with van der Waals surface area (Å²) in [6.07, 6.45) is 0.983. The molecule has 0 saturated carbocycles. The van der Waals surface area contributed by atoms with Crippen LogP contribution in [0.5, 0.6) is 0 Å². The second kappa shape index (κ2) is 9.59. The Bertz CT molecular complexity index is 368. The van der Waals surface area contributed by atoms with Crippen LogP contribution in [0.15, 0.2) is 0 Å². The van der Waals surface area contributed by atoms with Crippen molar-refractivity contribution in [2.24, 2.45) is 0 Å². The fourth-order valence-corrected chi connectivity index (χ4v) is 1.63. The number of aliphatic carboxylic acids is 1. The Hall–Kier alpha value is -1.31. The van der Waals surface area contributed by atoms with Gasteiger partial charge in [0.15, 0.2) is 0 Å². The summed E-state index contributed by atoms with van der Waals surface area (Å²) in [5, 5.41) is 14.0. The van der Waals surface area contributed by atoms with Crippen LogP contribution in [0.1, 0.15) is 40.0 Å². The summed E-state index contributed by atoms with van der Waals surface area (Å²) >= 11 is 2.96. The lowest BCUT2D eigenvalue weighted by Crippen LogP contribution is -2.41. The van der Waals surface area contributed by atoms with Crippen molar-refractivity contribution >= 4 is 33.9 Å². The second-order valence-corrected chi connectivity index (χ2v) is 6.08. The zero-order valence-corrected chi connectivity index (χ0v) is 14.2. The average molecular weight is 367 g/mol. The Morgan fingerprint density at radius 3 is 2.33 bits per heavy atom. The number of hydrogen-bond acceptors (Lipinski definition) is 4. The number of ether oxygens (including phenoxy) is 1. The van der Waals surface area contributed by atoms with Gasteiger partial charge in [0.2, 0.25) is 5.91 Å². The van der Waals surface area contributed by atoms with Crippen molar-refractivity contribution in [2.45, 2.75) is 51.7 Å². The highest BCUT2D eigenvalue weighted by atomic mass is 79.9. The normalized spacial score (nSPS) is 12.4. The highest BCUT2D eigenvalue weighted by molar-refractivity contribution is 9.09. The molecule has 0 aromatic carbocycles. The molecular formula is C13H23BrN2O5. The summed E-state index contributed by atoms with van der Waals surface area (Å²) in [6.45, 7) is 5.72. The summed E-state index contributed by atoms with van der Waals surface area (Å²) in [5.74, 6) is -1.43. The monoisotopic (exact) mass is 366 g/mol. The van der Waals surface area contributed by atoms with E-state index in [9.17, 15) is 14.4 Å². The molecule has 7 nitrogen and oxygen atoms in total. The maximum atomic E-state index is 11.4. The van der Waals surface area contributed by atoms with E-state index in [0.717, 1.165) is 0 Å². The summed E-state index contributed by atoms with van der Waals surface area (Å²) in [7, 11) is 0. The van der Waals surface area contributed by atoms with Gasteiger partial charge in [0.1, 0.15) is 11.6 Å². The van der Waals surface area contributed by atoms with E-state index in [1.54, 1.807) is 20.8 Å². The van der Waals surface area contributed by atoms with Crippen molar-refractivity contribution in [2.75, 3.05) is 11.9 Å². The number of carbonyl (C=O) groups is 3. The first-order valence-electron chi connectivity index (χ1n) is 6.70. The Balaban J connectivity index is 3.88. The van der Waals surface area contributed by atoms with Crippen molar-refractivity contribution in [3.8, 4) is 0 Å². The molecule has 0 aliphatic carbocycles. The number of unbranched alkanes of at least 4 members (excludes halogenated alkanes) is 1. The maximum absolute atomic E-state index is 11.4. The third-order valence-corrected chi connectivity index (χ3v) is 2.85. The molecule has 1 atom stereocenters. The van der Waals surface area contributed by atoms with E-state index in [0.29, 0.717) is 25.8 Å². The fourth-order valence-electron chi connectivity index (χ4n) is 1.47. The Morgan fingerprint density at radius 2 is 1.86 bits per heavy atom. The molecule has 122 valence electrons. The SMILES string of the molecule is CC(C)(C)OC(=O)NCCCC[C@H](NC(=O)CBr)C(=O)O. The van der Waals surface area contributed by atoms with Gasteiger partial charge in [-0.2, -0.15) is 0 Å². The zero-order chi connectivity index (χ0) is 16.5. The van der Waals surface area contributed by atoms with Crippen LogP contribution in [0.3, 0.4) is 0 Å². The average Bonchev–Trinajstić information content (AvgIpc) is 2.34. The molecule has 0 fully saturated rings. The molecule has 0 spiro atoms. The second-order valence-electron chi connectivity index (χ2n) is 5.52. The third kappa shape index (κ3) is 11.1. The number of nitrogens with one attached hydrogen (secondary N) is 2. The number of amides is 2. The van der Waals surface area contributed by atoms with Gasteiger partial charge in [0.25, 0.3) is 0 Å². The predicted octanol–water partition coefficient (Wildman–Crippen LogP) is 1.65. The summed E-state index contributed by atoms with van der Waals surface area (Å²) < 4.78 is 5.06. The first kappa shape index (κ1) is 19.7. The molecule has 0 bridgehead atoms. The first-order valence-corrected chi connectivity index (χ1v) is 7.83. The number of alkyl carbamates (subject to hydrolysis) is 1. The van der Waals surface area contributed by atoms with Crippen molar-refractivity contribution in [3.05, 3.63) is 0 Å². The van der Waals surface area contributed by atoms with Gasteiger partial charge in [0.05, 0.1) is 5.33 Å². The molecule has 0 radical (unpaired) electrons. The van der Waals surface area contributed by atoms with E-state index in [2.05, 4.69) is 26.6 Å². The van der Waals surface area contributed by atoms with Gasteiger partial charge in [-0.1, -0.05) is 15.9 Å². The molecule has 0 saturated heterocycles. The molecule has 8 heteroatoms. The highest BCUT2D eigenvalue weighted by Gasteiger charge is 2.19. The van der Waals surface area contributed by atoms with E-state index in [4.69, 9.17) is 9.84 Å². The molecule has 0 aromatic rings. The minimum atomic E-state index is -1.07. The molecule has 3 N–H and O–H groups in total. The van der Waals surface area contributed by atoms with Crippen LogP contribution in [0.25, 0.3) is 0 Å². The van der Waals surface area contributed by atoms with E-state index in [-0.39, 0.29) is 11.2 Å². The lowest BCUT2D eigenvalue weighted by Gasteiger charge is -2.19. The van der Waals surface area contributed by atoms with Gasteiger partial charge >= 0.3 is 12.1 Å². The largest absolute Gasteiger partial charge is 0.480 e. The molecule has 0 rings (SSSR count). The van der Waals surface area contributed by atoms with E-state index >= 15 is 0 Å². The molecule has 0 aliphatic rings. The van der Waals surface area contributed by atoms with Crippen molar-refractivity contribution in [1.82, 2.24) is 10.6 Å². The number of carboxylic acid groups (broad SMARTS) is 1. The van der Waals surface area contributed by atoms with Crippen molar-refractivity contribution in [3.63, 3.8) is 0 Å². The maximum Gasteiger partial charge on any atom is 0.407 e. The van der Waals surface area contributed by atoms with Crippen molar-refractivity contribution in [1.29, 1.82) is 0 Å². The van der Waals surface area contributed by atoms with Crippen LogP contribution in [0.4, 0.5) is 4.79 Å². The molecule has 0 heterocycles. The minimum Gasteiger partial charge on any atom is -0.480 e. The van der Waals surface area contributed by atoms with Crippen LogP contribution >= 0.6 is 15.9 Å². The van der Waals surface area contributed by atoms with Gasteiger partial charge in [-0.15, -0.1) is 0 Å². The molecule has 0 unspecified atom stereocenters. The number of carbonyl (C=O) groups excluding carboxylic acids is 2. The van der Waals surface area contributed by atoms with E-state index in [1.807, 2.05) is 0 Å². The molecule has 0 aromatic heterocycles. The predicted molar refractivity (Wildman–Crippen MR) is 81.4 cm³/mol. The first-order chi connectivity index (χ1) is 9.65. The van der Waals surface area contributed by atoms with Crippen LogP contribution in [-0.4, -0.2) is 46.6 Å². The van der Waals surface area contributed by atoms with Gasteiger partial charge in [-0.25, -0.2) is 9.59 Å². The number of alkyl halides is 1. The number of hydrogen-bond donors (Lipinski definition) is 3. The van der Waals surface area contributed by atoms with Crippen LogP contribution in [0, 0.1) is 0 Å². The smallest absolute Gasteiger partial charge is 0.407 e. The zero-order valence-electron chi connectivity index (χ0n) is 12.6. The molecule has 21 heavy (non-hydrogen) atoms. The summed E-state index contributed by atoms with van der Waals surface area (Å²) in [4.78, 5) is 33.5. The van der Waals surface area contributed by atoms with Crippen LogP contribution < -0.4 is 10.6 Å². The summed E-state index contributed by atoms with van der Waals surface area (Å²) in [5.41, 5.74) is -0.543. The lowest BCUT2D eigenvalue weighted by atomic mass is 10.1. The van der Waals surface area contributed by atoms with Crippen molar-refractivity contribution < 1.29 is 24.2 Å². The van der Waals surface area contributed by atoms with Crippen LogP contribution in [-0.2, 0) is 14.3 Å². The number of carboxylic acids is 1. The quantitative estimate of drug-likeness (QED) is 0.447. The Kier molecular flexibility index (Phi) is 9.00. The van der Waals surface area contributed by atoms with Gasteiger partial charge < -0.3 is 20.5 Å². The standard InChI is InChI=1S/C13H23BrN2O5/c1-13(2,3)21-12(20)15-7-5-4-6-9(11(18)19)16-10(17)8-14/h9H,4-8H2,1-3H3,(H,15,20)(H,16,17)(H,18,19)/t9-/m0/s1. The van der Waals surface area contributed by atoms with E-state index in [1.165, 1.54) is 0 Å². The van der Waals surface area contributed by atoms with Gasteiger partial charge in [-0.05, 0) is 40.0 Å². The molecular weight excluding hydrogens is 344 g/mol. The Labute approximate surface area is 132 Å². The lowest BCUT2D eigenvalue weighted by molar-refractivity contribution is -0.141. The Morgan fingerprint density at radius 1 is 1.24 bits per heavy atom. The number of rotatable bonds is 8. The minimum absolute atomic E-state index is 0.0664. The topological polar surface area (TPSA) is 105 Å². The van der Waals surface area contributed by atoms with Crippen LogP contribution in [0.2, 0.25) is 0 Å². The third-order valence-electron chi connectivity index (χ3n) is 2.34. The highest BCUT2D eigenvalue weighted by Crippen LogP contribution is 2.06.